The first-order chi connectivity index (χ1) is 10.3. The van der Waals surface area contributed by atoms with Gasteiger partial charge in [-0.2, -0.15) is 4.98 Å². The molecule has 3 heterocycles. The van der Waals surface area contributed by atoms with Crippen LogP contribution < -0.4 is 10.2 Å². The van der Waals surface area contributed by atoms with Crippen molar-refractivity contribution in [1.29, 1.82) is 0 Å². The Balaban J connectivity index is 1.68. The fourth-order valence-electron chi connectivity index (χ4n) is 3.41. The first-order valence-electron chi connectivity index (χ1n) is 8.34. The number of aromatic nitrogens is 2. The smallest absolute Gasteiger partial charge is 0.224 e. The van der Waals surface area contributed by atoms with Crippen LogP contribution in [0.5, 0.6) is 0 Å². The van der Waals surface area contributed by atoms with Gasteiger partial charge in [0.05, 0.1) is 0 Å². The van der Waals surface area contributed by atoms with Gasteiger partial charge in [-0.3, -0.25) is 4.90 Å². The van der Waals surface area contributed by atoms with Gasteiger partial charge in [-0.05, 0) is 45.7 Å². The molecule has 3 rings (SSSR count). The fraction of sp³-hybridized carbons (Fsp3) is 0.750. The maximum atomic E-state index is 4.74. The lowest BCUT2D eigenvalue weighted by Gasteiger charge is -2.24. The van der Waals surface area contributed by atoms with Crippen molar-refractivity contribution in [2.75, 3.05) is 42.9 Å². The van der Waals surface area contributed by atoms with E-state index in [1.165, 1.54) is 37.9 Å². The van der Waals surface area contributed by atoms with E-state index in [2.05, 4.69) is 33.9 Å². The van der Waals surface area contributed by atoms with Crippen molar-refractivity contribution in [2.24, 2.45) is 0 Å². The van der Waals surface area contributed by atoms with Crippen LogP contribution in [0.2, 0.25) is 0 Å². The van der Waals surface area contributed by atoms with Crippen LogP contribution in [-0.4, -0.2) is 53.6 Å². The van der Waals surface area contributed by atoms with Crippen molar-refractivity contribution in [3.05, 3.63) is 11.8 Å². The second-order valence-corrected chi connectivity index (χ2v) is 6.26. The van der Waals surface area contributed by atoms with Crippen LogP contribution in [0.4, 0.5) is 11.8 Å². The van der Waals surface area contributed by atoms with E-state index in [4.69, 9.17) is 4.98 Å². The first-order valence-corrected chi connectivity index (χ1v) is 8.34. The highest BCUT2D eigenvalue weighted by Gasteiger charge is 2.30. The summed E-state index contributed by atoms with van der Waals surface area (Å²) < 4.78 is 0. The fourth-order valence-corrected chi connectivity index (χ4v) is 3.41. The molecule has 2 fully saturated rings. The lowest BCUT2D eigenvalue weighted by Crippen LogP contribution is -2.35. The number of nitrogens with zero attached hydrogens (tertiary/aromatic N) is 4. The molecule has 1 unspecified atom stereocenters. The molecular weight excluding hydrogens is 262 g/mol. The quantitative estimate of drug-likeness (QED) is 0.901. The third-order valence-electron chi connectivity index (χ3n) is 4.60. The summed E-state index contributed by atoms with van der Waals surface area (Å²) in [7, 11) is 0. The summed E-state index contributed by atoms with van der Waals surface area (Å²) in [6, 6.07) is 0.717. The monoisotopic (exact) mass is 289 g/mol. The minimum atomic E-state index is 0.717. The predicted molar refractivity (Wildman–Crippen MR) is 87.0 cm³/mol. The number of hydrogen-bond donors (Lipinski definition) is 1. The van der Waals surface area contributed by atoms with E-state index in [1.54, 1.807) is 0 Å². The minimum Gasteiger partial charge on any atom is -0.355 e. The van der Waals surface area contributed by atoms with E-state index in [9.17, 15) is 0 Å². The van der Waals surface area contributed by atoms with E-state index in [-0.39, 0.29) is 0 Å². The van der Waals surface area contributed by atoms with Gasteiger partial charge in [-0.1, -0.05) is 6.92 Å². The van der Waals surface area contributed by atoms with Crippen LogP contribution in [-0.2, 0) is 0 Å². The number of nitrogens with one attached hydrogen (secondary N) is 1. The molecule has 2 aliphatic rings. The van der Waals surface area contributed by atoms with Gasteiger partial charge >= 0.3 is 0 Å². The molecule has 1 atom stereocenters. The maximum Gasteiger partial charge on any atom is 0.224 e. The Kier molecular flexibility index (Phi) is 4.58. The molecule has 5 heteroatoms. The summed E-state index contributed by atoms with van der Waals surface area (Å²) in [5, 5.41) is 3.29. The zero-order valence-corrected chi connectivity index (χ0v) is 13.3. The number of hydrogen-bond acceptors (Lipinski definition) is 5. The molecule has 1 aromatic heterocycles. The SMILES string of the molecule is CCCNc1ncc(C)c(N2CCC(N3CCCC3)C2)n1. The number of rotatable bonds is 5. The number of aryl methyl sites for hydroxylation is 1. The zero-order valence-electron chi connectivity index (χ0n) is 13.3. The van der Waals surface area contributed by atoms with Gasteiger partial charge < -0.3 is 10.2 Å². The molecule has 5 nitrogen and oxygen atoms in total. The van der Waals surface area contributed by atoms with Crippen LogP contribution in [0, 0.1) is 6.92 Å². The Hall–Kier alpha value is -1.36. The summed E-state index contributed by atoms with van der Waals surface area (Å²) in [4.78, 5) is 14.2. The van der Waals surface area contributed by atoms with Crippen molar-refractivity contribution in [2.45, 2.75) is 45.6 Å². The van der Waals surface area contributed by atoms with Crippen LogP contribution in [0.15, 0.2) is 6.20 Å². The highest BCUT2D eigenvalue weighted by molar-refractivity contribution is 5.50. The molecule has 0 spiro atoms. The molecule has 0 amide bonds. The van der Waals surface area contributed by atoms with Gasteiger partial charge in [0.2, 0.25) is 5.95 Å². The van der Waals surface area contributed by atoms with Gasteiger partial charge in [0.15, 0.2) is 0 Å². The van der Waals surface area contributed by atoms with E-state index >= 15 is 0 Å². The van der Waals surface area contributed by atoms with Gasteiger partial charge in [0.25, 0.3) is 0 Å². The predicted octanol–water partition coefficient (Wildman–Crippen LogP) is 2.28. The largest absolute Gasteiger partial charge is 0.355 e. The topological polar surface area (TPSA) is 44.3 Å². The summed E-state index contributed by atoms with van der Waals surface area (Å²) in [5.41, 5.74) is 1.18. The molecule has 116 valence electrons. The molecule has 2 saturated heterocycles. The zero-order chi connectivity index (χ0) is 14.7. The number of likely N-dealkylation sites (tertiary alicyclic amines) is 1. The lowest BCUT2D eigenvalue weighted by molar-refractivity contribution is 0.260. The van der Waals surface area contributed by atoms with E-state index in [0.717, 1.165) is 37.8 Å². The van der Waals surface area contributed by atoms with E-state index < -0.39 is 0 Å². The standard InChI is InChI=1S/C16H27N5/c1-3-7-17-16-18-11-13(2)15(19-16)21-10-6-14(12-21)20-8-4-5-9-20/h11,14H,3-10,12H2,1-2H3,(H,17,18,19). The van der Waals surface area contributed by atoms with E-state index in [0.29, 0.717) is 6.04 Å². The Bertz CT molecular complexity index is 470. The van der Waals surface area contributed by atoms with Gasteiger partial charge in [-0.25, -0.2) is 4.98 Å². The van der Waals surface area contributed by atoms with Crippen LogP contribution in [0.25, 0.3) is 0 Å². The van der Waals surface area contributed by atoms with Crippen LogP contribution >= 0.6 is 0 Å². The molecule has 1 N–H and O–H groups in total. The Morgan fingerprint density at radius 3 is 2.86 bits per heavy atom. The molecular formula is C16H27N5. The molecule has 0 aliphatic carbocycles. The summed E-state index contributed by atoms with van der Waals surface area (Å²) >= 11 is 0. The number of anilines is 2. The summed E-state index contributed by atoms with van der Waals surface area (Å²) in [6.45, 7) is 10.00. The highest BCUT2D eigenvalue weighted by atomic mass is 15.3. The molecule has 0 bridgehead atoms. The summed E-state index contributed by atoms with van der Waals surface area (Å²) in [5.74, 6) is 1.88. The van der Waals surface area contributed by atoms with Crippen molar-refractivity contribution >= 4 is 11.8 Å². The van der Waals surface area contributed by atoms with Crippen molar-refractivity contribution < 1.29 is 0 Å². The molecule has 1 aromatic rings. The Morgan fingerprint density at radius 1 is 1.29 bits per heavy atom. The van der Waals surface area contributed by atoms with Crippen molar-refractivity contribution in [3.63, 3.8) is 0 Å². The maximum absolute atomic E-state index is 4.74. The van der Waals surface area contributed by atoms with Crippen LogP contribution in [0.1, 0.15) is 38.2 Å². The third kappa shape index (κ3) is 3.28. The molecule has 0 saturated carbocycles. The Morgan fingerprint density at radius 2 is 2.10 bits per heavy atom. The molecule has 21 heavy (non-hydrogen) atoms. The lowest BCUT2D eigenvalue weighted by atomic mass is 10.2. The first kappa shape index (κ1) is 14.6. The average Bonchev–Trinajstić information content (AvgIpc) is 3.17. The second-order valence-electron chi connectivity index (χ2n) is 6.26. The van der Waals surface area contributed by atoms with Gasteiger partial charge in [0.1, 0.15) is 5.82 Å². The average molecular weight is 289 g/mol. The molecule has 2 aliphatic heterocycles. The Labute approximate surface area is 127 Å². The van der Waals surface area contributed by atoms with Gasteiger partial charge in [-0.15, -0.1) is 0 Å². The molecule has 0 aromatic carbocycles. The minimum absolute atomic E-state index is 0.717. The van der Waals surface area contributed by atoms with Crippen LogP contribution in [0.3, 0.4) is 0 Å². The molecule has 0 radical (unpaired) electrons. The second kappa shape index (κ2) is 6.60. The third-order valence-corrected chi connectivity index (χ3v) is 4.60. The van der Waals surface area contributed by atoms with Crippen molar-refractivity contribution in [3.8, 4) is 0 Å². The van der Waals surface area contributed by atoms with Crippen molar-refractivity contribution in [1.82, 2.24) is 14.9 Å². The highest BCUT2D eigenvalue weighted by Crippen LogP contribution is 2.26. The normalized spacial score (nSPS) is 23.0. The summed E-state index contributed by atoms with van der Waals surface area (Å²) in [6.07, 6.45) is 7.04. The van der Waals surface area contributed by atoms with Gasteiger partial charge in [0, 0.05) is 37.4 Å². The van der Waals surface area contributed by atoms with E-state index in [1.807, 2.05) is 6.20 Å².